The number of hydrogen-bond donors (Lipinski definition) is 2. The fourth-order valence-electron chi connectivity index (χ4n) is 4.65. The highest BCUT2D eigenvalue weighted by Gasteiger charge is 2.31. The Kier molecular flexibility index (Phi) is 5.36. The van der Waals surface area contributed by atoms with Crippen LogP contribution in [0.4, 0.5) is 5.95 Å². The summed E-state index contributed by atoms with van der Waals surface area (Å²) in [5.41, 5.74) is 2.00. The van der Waals surface area contributed by atoms with Gasteiger partial charge in [-0.2, -0.15) is 0 Å². The fraction of sp³-hybridized carbons (Fsp3) is 0.208. The summed E-state index contributed by atoms with van der Waals surface area (Å²) in [6.07, 6.45) is 6.37. The maximum absolute atomic E-state index is 13.3. The number of nitrogens with zero attached hydrogens (tertiary/aromatic N) is 8. The number of hydrogen-bond acceptors (Lipinski definition) is 8. The minimum atomic E-state index is -0.598. The van der Waals surface area contributed by atoms with Gasteiger partial charge in [-0.1, -0.05) is 23.4 Å². The van der Waals surface area contributed by atoms with Crippen LogP contribution in [0.5, 0.6) is 0 Å². The Morgan fingerprint density at radius 2 is 1.84 bits per heavy atom. The van der Waals surface area contributed by atoms with E-state index in [2.05, 4.69) is 30.5 Å². The van der Waals surface area contributed by atoms with E-state index in [9.17, 15) is 14.4 Å². The average Bonchev–Trinajstić information content (AvgIpc) is 3.69. The quantitative estimate of drug-likeness (QED) is 0.267. The molecule has 13 nitrogen and oxygen atoms in total. The Hall–Kier alpha value is -5.07. The van der Waals surface area contributed by atoms with Crippen LogP contribution < -0.4 is 10.6 Å². The van der Waals surface area contributed by atoms with Crippen molar-refractivity contribution in [3.8, 4) is 11.5 Å². The molecule has 0 radical (unpaired) electrons. The number of rotatable bonds is 5. The number of H-pyrrole nitrogens is 2. The Labute approximate surface area is 209 Å². The van der Waals surface area contributed by atoms with Gasteiger partial charge in [0.2, 0.25) is 5.95 Å². The fourth-order valence-corrected chi connectivity index (χ4v) is 4.65. The lowest BCUT2D eigenvalue weighted by atomic mass is 10.1. The van der Waals surface area contributed by atoms with Crippen molar-refractivity contribution in [3.05, 3.63) is 76.7 Å². The van der Waals surface area contributed by atoms with Crippen LogP contribution in [0.2, 0.25) is 0 Å². The van der Waals surface area contributed by atoms with E-state index in [0.717, 1.165) is 5.56 Å². The van der Waals surface area contributed by atoms with Gasteiger partial charge in [0.25, 0.3) is 11.7 Å². The van der Waals surface area contributed by atoms with E-state index in [4.69, 9.17) is 0 Å². The molecule has 37 heavy (non-hydrogen) atoms. The Morgan fingerprint density at radius 1 is 1.05 bits per heavy atom. The predicted molar refractivity (Wildman–Crippen MR) is 133 cm³/mol. The molecule has 1 aromatic carbocycles. The highest BCUT2D eigenvalue weighted by atomic mass is 16.2. The van der Waals surface area contributed by atoms with E-state index in [-0.39, 0.29) is 11.3 Å². The number of anilines is 1. The minimum absolute atomic E-state index is 0.286. The van der Waals surface area contributed by atoms with E-state index in [1.165, 1.54) is 20.3 Å². The third kappa shape index (κ3) is 3.76. The summed E-state index contributed by atoms with van der Waals surface area (Å²) in [6.45, 7) is 3.30. The first-order valence-corrected chi connectivity index (χ1v) is 11.7. The van der Waals surface area contributed by atoms with Crippen LogP contribution in [0.1, 0.15) is 15.9 Å². The van der Waals surface area contributed by atoms with Gasteiger partial charge < -0.3 is 14.8 Å². The number of aromatic amines is 2. The highest BCUT2D eigenvalue weighted by Crippen LogP contribution is 2.27. The molecular formula is C24H22N10O3. The third-order valence-electron chi connectivity index (χ3n) is 6.48. The molecule has 1 aliphatic heterocycles. The molecule has 186 valence electrons. The second kappa shape index (κ2) is 8.86. The summed E-state index contributed by atoms with van der Waals surface area (Å²) in [5, 5.41) is 15.1. The van der Waals surface area contributed by atoms with Crippen molar-refractivity contribution >= 4 is 28.5 Å². The minimum Gasteiger partial charge on any atom is -0.357 e. The number of pyridine rings is 1. The molecule has 0 bridgehead atoms. The van der Waals surface area contributed by atoms with Gasteiger partial charge in [-0.3, -0.25) is 9.59 Å². The first-order chi connectivity index (χ1) is 18.0. The number of carbonyl (C=O) groups is 2. The van der Waals surface area contributed by atoms with Crippen LogP contribution in [-0.2, 0) is 4.79 Å². The van der Waals surface area contributed by atoms with Gasteiger partial charge in [-0.15, -0.1) is 10.2 Å². The molecule has 5 aromatic rings. The van der Waals surface area contributed by atoms with Gasteiger partial charge in [-0.25, -0.2) is 24.1 Å². The van der Waals surface area contributed by atoms with Gasteiger partial charge >= 0.3 is 5.69 Å². The topological polar surface area (TPSA) is 151 Å². The average molecular weight is 499 g/mol. The Bertz CT molecular complexity index is 1660. The lowest BCUT2D eigenvalue weighted by molar-refractivity contribution is -0.126. The molecule has 1 saturated heterocycles. The molecule has 1 amide bonds. The highest BCUT2D eigenvalue weighted by molar-refractivity contribution is 6.45. The summed E-state index contributed by atoms with van der Waals surface area (Å²) in [7, 11) is 0. The zero-order valence-corrected chi connectivity index (χ0v) is 19.8. The van der Waals surface area contributed by atoms with Gasteiger partial charge in [0.1, 0.15) is 0 Å². The van der Waals surface area contributed by atoms with E-state index < -0.39 is 11.7 Å². The lowest BCUT2D eigenvalue weighted by Gasteiger charge is -2.34. The van der Waals surface area contributed by atoms with E-state index in [0.29, 0.717) is 54.5 Å². The molecule has 0 saturated carbocycles. The standard InChI is InChI=1S/C24H22N10O3/c1-15-13-26-21(33-8-7-27-30-33)19-18(15)17(14-25-19)20(35)22(36)31-9-11-32(12-10-31)23-28-29-24(37)34(23)16-5-3-2-4-6-16/h2-8,13-14,25H,9-12H2,1H3,(H,29,37). The molecule has 2 N–H and O–H groups in total. The van der Waals surface area contributed by atoms with Gasteiger partial charge in [0.15, 0.2) is 5.82 Å². The number of aryl methyl sites for hydroxylation is 1. The summed E-state index contributed by atoms with van der Waals surface area (Å²) in [4.78, 5) is 49.9. The molecule has 0 atom stereocenters. The van der Waals surface area contributed by atoms with Crippen molar-refractivity contribution < 1.29 is 9.59 Å². The van der Waals surface area contributed by atoms with E-state index in [1.807, 2.05) is 42.2 Å². The number of amides is 1. The van der Waals surface area contributed by atoms with Gasteiger partial charge in [-0.05, 0) is 24.6 Å². The molecule has 13 heteroatoms. The lowest BCUT2D eigenvalue weighted by Crippen LogP contribution is -2.51. The molecule has 0 unspecified atom stereocenters. The van der Waals surface area contributed by atoms with Gasteiger partial charge in [0, 0.05) is 44.0 Å². The molecular weight excluding hydrogens is 476 g/mol. The summed E-state index contributed by atoms with van der Waals surface area (Å²) in [5.74, 6) is -0.224. The molecule has 0 spiro atoms. The van der Waals surface area contributed by atoms with E-state index in [1.54, 1.807) is 18.6 Å². The Morgan fingerprint density at radius 3 is 2.57 bits per heavy atom. The smallest absolute Gasteiger partial charge is 0.349 e. The number of carbonyl (C=O) groups excluding carboxylic acids is 2. The molecule has 5 heterocycles. The second-order valence-corrected chi connectivity index (χ2v) is 8.67. The second-order valence-electron chi connectivity index (χ2n) is 8.67. The van der Waals surface area contributed by atoms with Gasteiger partial charge in [0.05, 0.1) is 29.2 Å². The van der Waals surface area contributed by atoms with Crippen LogP contribution in [0.25, 0.3) is 22.4 Å². The molecule has 1 aliphatic rings. The number of nitrogens with one attached hydrogen (secondary N) is 2. The summed E-state index contributed by atoms with van der Waals surface area (Å²) < 4.78 is 3.00. The van der Waals surface area contributed by atoms with Crippen molar-refractivity contribution in [2.75, 3.05) is 31.1 Å². The van der Waals surface area contributed by atoms with Crippen LogP contribution in [0.3, 0.4) is 0 Å². The zero-order valence-electron chi connectivity index (χ0n) is 19.8. The van der Waals surface area contributed by atoms with Crippen molar-refractivity contribution in [1.29, 1.82) is 0 Å². The van der Waals surface area contributed by atoms with E-state index >= 15 is 0 Å². The number of piperazine rings is 1. The van der Waals surface area contributed by atoms with Crippen LogP contribution in [0.15, 0.2) is 59.9 Å². The van der Waals surface area contributed by atoms with Crippen molar-refractivity contribution in [3.63, 3.8) is 0 Å². The first-order valence-electron chi connectivity index (χ1n) is 11.7. The van der Waals surface area contributed by atoms with Crippen molar-refractivity contribution in [1.82, 2.24) is 44.6 Å². The van der Waals surface area contributed by atoms with Crippen LogP contribution in [-0.4, -0.2) is 82.5 Å². The van der Waals surface area contributed by atoms with Crippen molar-refractivity contribution in [2.24, 2.45) is 0 Å². The van der Waals surface area contributed by atoms with Crippen LogP contribution in [0, 0.1) is 6.92 Å². The molecule has 0 aliphatic carbocycles. The number of ketones is 1. The molecule has 4 aromatic heterocycles. The first kappa shape index (κ1) is 22.4. The molecule has 1 fully saturated rings. The third-order valence-corrected chi connectivity index (χ3v) is 6.48. The zero-order chi connectivity index (χ0) is 25.5. The molecule has 6 rings (SSSR count). The number of para-hydroxylation sites is 1. The normalized spacial score (nSPS) is 13.9. The van der Waals surface area contributed by atoms with Crippen molar-refractivity contribution in [2.45, 2.75) is 6.92 Å². The summed E-state index contributed by atoms with van der Waals surface area (Å²) >= 11 is 0. The number of Topliss-reactive ketones (excluding diaryl/α,β-unsaturated/α-hetero) is 1. The maximum atomic E-state index is 13.3. The van der Waals surface area contributed by atoms with Crippen LogP contribution >= 0.6 is 0 Å². The largest absolute Gasteiger partial charge is 0.357 e. The SMILES string of the molecule is Cc1cnc(-n2ccnn2)c2[nH]cc(C(=O)C(=O)N3CCN(c4n[nH]c(=O)n4-c4ccccc4)CC3)c12. The number of benzene rings is 1. The maximum Gasteiger partial charge on any atom is 0.349 e. The summed E-state index contributed by atoms with van der Waals surface area (Å²) in [6, 6.07) is 9.21. The Balaban J connectivity index is 1.22. The number of fused-ring (bicyclic) bond motifs is 1. The predicted octanol–water partition coefficient (Wildman–Crippen LogP) is 0.858. The monoisotopic (exact) mass is 498 g/mol. The number of aromatic nitrogens is 8.